The molecule has 5 N–H and O–H groups in total. The number of phenols is 1. The Morgan fingerprint density at radius 3 is 2.59 bits per heavy atom. The summed E-state index contributed by atoms with van der Waals surface area (Å²) in [7, 11) is 0. The molecule has 1 saturated heterocycles. The molecular formula is C22H23N2O5+. The molecule has 0 spiro atoms. The molecule has 2 aromatic carbocycles. The molecule has 0 unspecified atom stereocenters. The highest BCUT2D eigenvalue weighted by molar-refractivity contribution is 6.16. The van der Waals surface area contributed by atoms with Crippen molar-refractivity contribution in [2.45, 2.75) is 38.4 Å². The minimum Gasteiger partial charge on any atom is -0.508 e. The molecule has 4 atom stereocenters. The fraction of sp³-hybridized carbons (Fsp3) is 0.318. The molecule has 0 amide bonds. The van der Waals surface area contributed by atoms with Gasteiger partial charge in [-0.15, -0.1) is 0 Å². The number of hydrogen-bond acceptors (Lipinski definition) is 5. The number of benzene rings is 2. The standard InChI is InChI=1S/C22H22N2O5/c1-10-15-8-24(22-21(28)20(27)17(26)9-29-22)6-5-13(15)11(2)19-18(10)14-7-12(25)3-4-16(14)23-19/h3-8,17,20-22,25-28H,9H2,1-2H3/p+1/t17-,20-,21-,22-/m1/s1. The third-order valence-corrected chi connectivity index (χ3v) is 6.09. The van der Waals surface area contributed by atoms with Crippen LogP contribution in [0.4, 0.5) is 0 Å². The van der Waals surface area contributed by atoms with Crippen molar-refractivity contribution in [3.05, 3.63) is 47.8 Å². The van der Waals surface area contributed by atoms with E-state index < -0.39 is 24.5 Å². The number of hydrogen-bond donors (Lipinski definition) is 5. The summed E-state index contributed by atoms with van der Waals surface area (Å²) in [4.78, 5) is 3.46. The first-order valence-corrected chi connectivity index (χ1v) is 9.60. The smallest absolute Gasteiger partial charge is 0.291 e. The minimum atomic E-state index is -1.26. The molecule has 2 aromatic heterocycles. The van der Waals surface area contributed by atoms with Crippen LogP contribution in [0.25, 0.3) is 32.6 Å². The Kier molecular flexibility index (Phi) is 4.04. The summed E-state index contributed by atoms with van der Waals surface area (Å²) in [5, 5.41) is 44.1. The van der Waals surface area contributed by atoms with Gasteiger partial charge in [0, 0.05) is 27.7 Å². The van der Waals surface area contributed by atoms with E-state index in [0.717, 1.165) is 43.7 Å². The number of aromatic amines is 1. The van der Waals surface area contributed by atoms with Crippen molar-refractivity contribution in [3.8, 4) is 5.75 Å². The van der Waals surface area contributed by atoms with E-state index in [0.29, 0.717) is 0 Å². The molecule has 1 aliphatic heterocycles. The van der Waals surface area contributed by atoms with Crippen LogP contribution in [0, 0.1) is 13.8 Å². The van der Waals surface area contributed by atoms with E-state index >= 15 is 0 Å². The number of aromatic hydroxyl groups is 1. The molecule has 1 fully saturated rings. The van der Waals surface area contributed by atoms with Crippen LogP contribution >= 0.6 is 0 Å². The van der Waals surface area contributed by atoms with Gasteiger partial charge in [0.05, 0.1) is 12.1 Å². The number of phenolic OH excluding ortho intramolecular Hbond substituents is 1. The maximum atomic E-state index is 10.4. The normalized spacial score (nSPS) is 25.3. The van der Waals surface area contributed by atoms with Crippen LogP contribution < -0.4 is 4.57 Å². The second kappa shape index (κ2) is 6.40. The third-order valence-electron chi connectivity index (χ3n) is 6.09. The number of rotatable bonds is 1. The highest BCUT2D eigenvalue weighted by Crippen LogP contribution is 2.37. The first-order chi connectivity index (χ1) is 13.9. The van der Waals surface area contributed by atoms with Gasteiger partial charge >= 0.3 is 0 Å². The van der Waals surface area contributed by atoms with Gasteiger partial charge in [-0.2, -0.15) is 4.57 Å². The molecule has 29 heavy (non-hydrogen) atoms. The predicted octanol–water partition coefficient (Wildman–Crippen LogP) is 1.70. The first-order valence-electron chi connectivity index (χ1n) is 9.60. The lowest BCUT2D eigenvalue weighted by molar-refractivity contribution is -0.774. The highest BCUT2D eigenvalue weighted by Gasteiger charge is 2.43. The molecule has 4 aromatic rings. The molecule has 3 heterocycles. The maximum Gasteiger partial charge on any atom is 0.291 e. The number of aliphatic hydroxyl groups is 3. The van der Waals surface area contributed by atoms with Gasteiger partial charge in [0.2, 0.25) is 0 Å². The third kappa shape index (κ3) is 2.63. The van der Waals surface area contributed by atoms with Gasteiger partial charge in [-0.1, -0.05) is 0 Å². The van der Waals surface area contributed by atoms with Gasteiger partial charge in [0.1, 0.15) is 18.0 Å². The van der Waals surface area contributed by atoms with Gasteiger partial charge in [-0.05, 0) is 48.6 Å². The first kappa shape index (κ1) is 18.3. The molecular weight excluding hydrogens is 372 g/mol. The number of ether oxygens (including phenoxy) is 1. The number of aliphatic hydroxyl groups excluding tert-OH is 3. The number of nitrogens with one attached hydrogen (secondary N) is 1. The molecule has 5 rings (SSSR count). The number of aromatic nitrogens is 2. The van der Waals surface area contributed by atoms with Crippen LogP contribution in [0.5, 0.6) is 5.75 Å². The Bertz CT molecular complexity index is 1260. The van der Waals surface area contributed by atoms with Crippen LogP contribution in [0.15, 0.2) is 36.7 Å². The fourth-order valence-electron chi connectivity index (χ4n) is 4.47. The van der Waals surface area contributed by atoms with Crippen molar-refractivity contribution in [2.75, 3.05) is 6.61 Å². The molecule has 0 aliphatic carbocycles. The molecule has 7 heteroatoms. The Morgan fingerprint density at radius 2 is 1.79 bits per heavy atom. The van der Waals surface area contributed by atoms with Crippen LogP contribution in [-0.2, 0) is 4.74 Å². The average Bonchev–Trinajstić information content (AvgIpc) is 3.09. The zero-order valence-corrected chi connectivity index (χ0v) is 16.1. The maximum absolute atomic E-state index is 10.4. The van der Waals surface area contributed by atoms with E-state index in [1.165, 1.54) is 0 Å². The van der Waals surface area contributed by atoms with E-state index in [-0.39, 0.29) is 12.4 Å². The van der Waals surface area contributed by atoms with Gasteiger partial charge in [-0.25, -0.2) is 0 Å². The van der Waals surface area contributed by atoms with Gasteiger partial charge in [-0.3, -0.25) is 0 Å². The van der Waals surface area contributed by atoms with Crippen LogP contribution in [0.3, 0.4) is 0 Å². The van der Waals surface area contributed by atoms with E-state index in [2.05, 4.69) is 11.9 Å². The van der Waals surface area contributed by atoms with Crippen molar-refractivity contribution in [1.82, 2.24) is 4.98 Å². The number of fused-ring (bicyclic) bond motifs is 4. The Hall–Kier alpha value is -2.71. The Labute approximate surface area is 166 Å². The quantitative estimate of drug-likeness (QED) is 0.315. The summed E-state index contributed by atoms with van der Waals surface area (Å²) >= 11 is 0. The topological polar surface area (TPSA) is 110 Å². The summed E-state index contributed by atoms with van der Waals surface area (Å²) in [6, 6.07) is 7.26. The largest absolute Gasteiger partial charge is 0.508 e. The van der Waals surface area contributed by atoms with E-state index in [1.54, 1.807) is 16.7 Å². The lowest BCUT2D eigenvalue weighted by atomic mass is 9.96. The van der Waals surface area contributed by atoms with Crippen molar-refractivity contribution >= 4 is 32.6 Å². The predicted molar refractivity (Wildman–Crippen MR) is 108 cm³/mol. The minimum absolute atomic E-state index is 0.0489. The van der Waals surface area contributed by atoms with E-state index in [4.69, 9.17) is 4.74 Å². The van der Waals surface area contributed by atoms with Crippen LogP contribution in [0.1, 0.15) is 17.4 Å². The van der Waals surface area contributed by atoms with Crippen LogP contribution in [0.2, 0.25) is 0 Å². The molecule has 0 bridgehead atoms. The summed E-state index contributed by atoms with van der Waals surface area (Å²) in [5.74, 6) is 0.213. The molecule has 0 saturated carbocycles. The van der Waals surface area contributed by atoms with E-state index in [9.17, 15) is 20.4 Å². The molecule has 0 radical (unpaired) electrons. The summed E-state index contributed by atoms with van der Waals surface area (Å²) in [5.41, 5.74) is 4.11. The molecule has 7 nitrogen and oxygen atoms in total. The zero-order chi connectivity index (χ0) is 20.4. The second-order valence-corrected chi connectivity index (χ2v) is 7.85. The van der Waals surface area contributed by atoms with Gasteiger partial charge < -0.3 is 30.1 Å². The van der Waals surface area contributed by atoms with Gasteiger partial charge in [0.15, 0.2) is 18.5 Å². The number of pyridine rings is 1. The molecule has 1 aliphatic rings. The number of H-pyrrole nitrogens is 1. The van der Waals surface area contributed by atoms with Crippen LogP contribution in [-0.4, -0.2) is 50.3 Å². The number of nitrogens with zero attached hydrogens (tertiary/aromatic N) is 1. The zero-order valence-electron chi connectivity index (χ0n) is 16.1. The lowest BCUT2D eigenvalue weighted by Gasteiger charge is -2.31. The second-order valence-electron chi connectivity index (χ2n) is 7.85. The fourth-order valence-corrected chi connectivity index (χ4v) is 4.47. The monoisotopic (exact) mass is 395 g/mol. The Morgan fingerprint density at radius 1 is 1.00 bits per heavy atom. The summed E-state index contributed by atoms with van der Waals surface area (Å²) in [6.45, 7) is 4.03. The SMILES string of the molecule is Cc1c2cc[n+]([C@@H]3OC[C@@H](O)[C@@H](O)[C@H]3O)cc2c(C)c2c1[nH]c1ccc(O)cc12. The van der Waals surface area contributed by atoms with Crippen molar-refractivity contribution in [1.29, 1.82) is 0 Å². The van der Waals surface area contributed by atoms with E-state index in [1.807, 2.05) is 31.5 Å². The highest BCUT2D eigenvalue weighted by atomic mass is 16.5. The Balaban J connectivity index is 1.75. The lowest BCUT2D eigenvalue weighted by Crippen LogP contribution is -2.58. The van der Waals surface area contributed by atoms with Crippen molar-refractivity contribution < 1.29 is 29.7 Å². The van der Waals surface area contributed by atoms with Crippen molar-refractivity contribution in [3.63, 3.8) is 0 Å². The van der Waals surface area contributed by atoms with Crippen molar-refractivity contribution in [2.24, 2.45) is 0 Å². The van der Waals surface area contributed by atoms with Gasteiger partial charge in [0.25, 0.3) is 6.23 Å². The number of aryl methyl sites for hydroxylation is 2. The summed E-state index contributed by atoms with van der Waals surface area (Å²) < 4.78 is 7.33. The average molecular weight is 395 g/mol. The molecule has 150 valence electrons. The summed E-state index contributed by atoms with van der Waals surface area (Å²) in [6.07, 6.45) is -0.690.